The van der Waals surface area contributed by atoms with Crippen LogP contribution >= 0.6 is 15.9 Å². The summed E-state index contributed by atoms with van der Waals surface area (Å²) in [5, 5.41) is 17.5. The van der Waals surface area contributed by atoms with Crippen molar-refractivity contribution < 1.29 is 9.84 Å². The SMILES string of the molecule is COc1ccc(O)c(C=NN=Cc2ccc(Br)cc2)c1. The Morgan fingerprint density at radius 1 is 1.05 bits per heavy atom. The molecule has 0 aliphatic heterocycles. The summed E-state index contributed by atoms with van der Waals surface area (Å²) in [6, 6.07) is 12.6. The van der Waals surface area contributed by atoms with Gasteiger partial charge in [-0.05, 0) is 35.9 Å². The molecule has 2 rings (SSSR count). The monoisotopic (exact) mass is 332 g/mol. The van der Waals surface area contributed by atoms with Gasteiger partial charge >= 0.3 is 0 Å². The Kier molecular flexibility index (Phi) is 4.90. The molecule has 0 amide bonds. The summed E-state index contributed by atoms with van der Waals surface area (Å²) in [7, 11) is 1.57. The summed E-state index contributed by atoms with van der Waals surface area (Å²) in [5.74, 6) is 0.787. The lowest BCUT2D eigenvalue weighted by Crippen LogP contribution is -1.87. The van der Waals surface area contributed by atoms with E-state index in [0.29, 0.717) is 11.3 Å². The molecule has 0 fully saturated rings. The van der Waals surface area contributed by atoms with E-state index < -0.39 is 0 Å². The largest absolute Gasteiger partial charge is 0.507 e. The number of phenolic OH excluding ortho intramolecular Hbond substituents is 1. The van der Waals surface area contributed by atoms with E-state index in [1.165, 1.54) is 6.21 Å². The Hall–Kier alpha value is -2.14. The van der Waals surface area contributed by atoms with E-state index in [1.54, 1.807) is 31.5 Å². The molecular formula is C15H13BrN2O2. The highest BCUT2D eigenvalue weighted by Crippen LogP contribution is 2.21. The Balaban J connectivity index is 2.08. The molecule has 102 valence electrons. The third-order valence-corrected chi connectivity index (χ3v) is 3.10. The molecular weight excluding hydrogens is 320 g/mol. The van der Waals surface area contributed by atoms with E-state index in [-0.39, 0.29) is 5.75 Å². The van der Waals surface area contributed by atoms with Crippen LogP contribution in [0.1, 0.15) is 11.1 Å². The van der Waals surface area contributed by atoms with Gasteiger partial charge in [-0.25, -0.2) is 0 Å². The second kappa shape index (κ2) is 6.86. The van der Waals surface area contributed by atoms with E-state index in [1.807, 2.05) is 24.3 Å². The Labute approximate surface area is 125 Å². The van der Waals surface area contributed by atoms with Crippen molar-refractivity contribution in [2.45, 2.75) is 0 Å². The molecule has 0 bridgehead atoms. The zero-order chi connectivity index (χ0) is 14.4. The first kappa shape index (κ1) is 14.3. The van der Waals surface area contributed by atoms with Gasteiger partial charge in [0.05, 0.1) is 19.5 Å². The Morgan fingerprint density at radius 2 is 1.75 bits per heavy atom. The average Bonchev–Trinajstić information content (AvgIpc) is 2.47. The molecule has 0 saturated heterocycles. The van der Waals surface area contributed by atoms with Crippen LogP contribution in [0.2, 0.25) is 0 Å². The highest BCUT2D eigenvalue weighted by atomic mass is 79.9. The van der Waals surface area contributed by atoms with Crippen molar-refractivity contribution in [3.63, 3.8) is 0 Å². The normalized spacial score (nSPS) is 11.3. The van der Waals surface area contributed by atoms with Gasteiger partial charge in [0.25, 0.3) is 0 Å². The second-order valence-electron chi connectivity index (χ2n) is 3.97. The highest BCUT2D eigenvalue weighted by molar-refractivity contribution is 9.10. The van der Waals surface area contributed by atoms with Gasteiger partial charge in [-0.15, -0.1) is 0 Å². The number of rotatable bonds is 4. The van der Waals surface area contributed by atoms with Gasteiger partial charge in [-0.2, -0.15) is 10.2 Å². The number of phenols is 1. The van der Waals surface area contributed by atoms with Crippen LogP contribution in [0.5, 0.6) is 11.5 Å². The Bertz CT molecular complexity index is 637. The van der Waals surface area contributed by atoms with Crippen LogP contribution in [-0.4, -0.2) is 24.6 Å². The van der Waals surface area contributed by atoms with E-state index in [4.69, 9.17) is 4.74 Å². The van der Waals surface area contributed by atoms with Crippen LogP contribution in [0.4, 0.5) is 0 Å². The van der Waals surface area contributed by atoms with Crippen molar-refractivity contribution in [2.75, 3.05) is 7.11 Å². The lowest BCUT2D eigenvalue weighted by Gasteiger charge is -2.01. The van der Waals surface area contributed by atoms with Crippen molar-refractivity contribution in [1.82, 2.24) is 0 Å². The third kappa shape index (κ3) is 3.93. The standard InChI is InChI=1S/C15H13BrN2O2/c1-20-14-6-7-15(19)12(8-14)10-18-17-9-11-2-4-13(16)5-3-11/h2-10,19H,1H3. The zero-order valence-electron chi connectivity index (χ0n) is 10.8. The molecule has 0 aromatic heterocycles. The fourth-order valence-electron chi connectivity index (χ4n) is 1.51. The van der Waals surface area contributed by atoms with Crippen LogP contribution in [0.15, 0.2) is 57.1 Å². The quantitative estimate of drug-likeness (QED) is 0.686. The van der Waals surface area contributed by atoms with Gasteiger partial charge in [0.15, 0.2) is 0 Å². The number of hydrogen-bond donors (Lipinski definition) is 1. The second-order valence-corrected chi connectivity index (χ2v) is 4.88. The van der Waals surface area contributed by atoms with Crippen LogP contribution in [-0.2, 0) is 0 Å². The molecule has 0 heterocycles. The predicted octanol–water partition coefficient (Wildman–Crippen LogP) is 3.62. The van der Waals surface area contributed by atoms with Gasteiger partial charge in [-0.1, -0.05) is 28.1 Å². The first-order chi connectivity index (χ1) is 9.69. The summed E-state index contributed by atoms with van der Waals surface area (Å²) in [5.41, 5.74) is 1.50. The van der Waals surface area contributed by atoms with Gasteiger partial charge in [0.1, 0.15) is 11.5 Å². The lowest BCUT2D eigenvalue weighted by atomic mass is 10.2. The first-order valence-corrected chi connectivity index (χ1v) is 6.67. The fourth-order valence-corrected chi connectivity index (χ4v) is 1.77. The number of benzene rings is 2. The molecule has 0 radical (unpaired) electrons. The minimum absolute atomic E-state index is 0.133. The molecule has 2 aromatic rings. The molecule has 20 heavy (non-hydrogen) atoms. The average molecular weight is 333 g/mol. The molecule has 4 nitrogen and oxygen atoms in total. The number of hydrogen-bond acceptors (Lipinski definition) is 4. The number of ether oxygens (including phenoxy) is 1. The smallest absolute Gasteiger partial charge is 0.124 e. The van der Waals surface area contributed by atoms with E-state index >= 15 is 0 Å². The molecule has 0 unspecified atom stereocenters. The number of halogens is 1. The van der Waals surface area contributed by atoms with Crippen molar-refractivity contribution in [2.24, 2.45) is 10.2 Å². The van der Waals surface area contributed by atoms with Gasteiger partial charge in [0, 0.05) is 10.0 Å². The van der Waals surface area contributed by atoms with Gasteiger partial charge in [0.2, 0.25) is 0 Å². The Morgan fingerprint density at radius 3 is 2.45 bits per heavy atom. The predicted molar refractivity (Wildman–Crippen MR) is 84.0 cm³/mol. The highest BCUT2D eigenvalue weighted by Gasteiger charge is 1.99. The van der Waals surface area contributed by atoms with Crippen LogP contribution in [0, 0.1) is 0 Å². The minimum atomic E-state index is 0.133. The van der Waals surface area contributed by atoms with Crippen molar-refractivity contribution in [3.8, 4) is 11.5 Å². The third-order valence-electron chi connectivity index (χ3n) is 2.57. The summed E-state index contributed by atoms with van der Waals surface area (Å²) in [6.45, 7) is 0. The number of aromatic hydroxyl groups is 1. The molecule has 0 aliphatic carbocycles. The van der Waals surface area contributed by atoms with Crippen molar-refractivity contribution >= 4 is 28.4 Å². The summed E-state index contributed by atoms with van der Waals surface area (Å²) < 4.78 is 6.09. The van der Waals surface area contributed by atoms with Crippen LogP contribution in [0.3, 0.4) is 0 Å². The van der Waals surface area contributed by atoms with Crippen molar-refractivity contribution in [1.29, 1.82) is 0 Å². The molecule has 0 saturated carbocycles. The zero-order valence-corrected chi connectivity index (χ0v) is 12.4. The minimum Gasteiger partial charge on any atom is -0.507 e. The van der Waals surface area contributed by atoms with Crippen molar-refractivity contribution in [3.05, 3.63) is 58.1 Å². The molecule has 0 aliphatic rings. The topological polar surface area (TPSA) is 54.2 Å². The number of methoxy groups -OCH3 is 1. The fraction of sp³-hybridized carbons (Fsp3) is 0.0667. The maximum Gasteiger partial charge on any atom is 0.124 e. The summed E-state index contributed by atoms with van der Waals surface area (Å²) >= 11 is 3.37. The molecule has 5 heteroatoms. The van der Waals surface area contributed by atoms with E-state index in [9.17, 15) is 5.11 Å². The van der Waals surface area contributed by atoms with Gasteiger partial charge in [-0.3, -0.25) is 0 Å². The van der Waals surface area contributed by atoms with Gasteiger partial charge < -0.3 is 9.84 Å². The molecule has 0 atom stereocenters. The molecule has 2 aromatic carbocycles. The maximum atomic E-state index is 9.67. The summed E-state index contributed by atoms with van der Waals surface area (Å²) in [4.78, 5) is 0. The summed E-state index contributed by atoms with van der Waals surface area (Å²) in [6.07, 6.45) is 3.12. The van der Waals surface area contributed by atoms with Crippen LogP contribution in [0.25, 0.3) is 0 Å². The molecule has 0 spiro atoms. The van der Waals surface area contributed by atoms with Crippen LogP contribution < -0.4 is 4.74 Å². The van der Waals surface area contributed by atoms with E-state index in [2.05, 4.69) is 26.1 Å². The first-order valence-electron chi connectivity index (χ1n) is 5.88. The lowest BCUT2D eigenvalue weighted by molar-refractivity contribution is 0.412. The maximum absolute atomic E-state index is 9.67. The molecule has 1 N–H and O–H groups in total. The number of nitrogens with zero attached hydrogens (tertiary/aromatic N) is 2. The van der Waals surface area contributed by atoms with E-state index in [0.717, 1.165) is 10.0 Å².